The van der Waals surface area contributed by atoms with Gasteiger partial charge in [-0.05, 0) is 25.1 Å². The average Bonchev–Trinajstić information content (AvgIpc) is 2.90. The molecule has 3 aromatic rings. The number of hydrogen-bond donors (Lipinski definition) is 2. The Balaban J connectivity index is 2.14. The molecular weight excluding hydrogens is 311 g/mol. The van der Waals surface area contributed by atoms with Gasteiger partial charge in [0, 0.05) is 17.1 Å². The number of rotatable bonds is 3. The molecule has 0 unspecified atom stereocenters. The smallest absolute Gasteiger partial charge is 0.323 e. The predicted molar refractivity (Wildman–Crippen MR) is 76.5 cm³/mol. The van der Waals surface area contributed by atoms with E-state index in [0.717, 1.165) is 17.8 Å². The van der Waals surface area contributed by atoms with Gasteiger partial charge in [0.1, 0.15) is 5.82 Å². The number of aryl methyl sites for hydroxylation is 1. The number of carbonyl (C=O) groups excluding carboxylic acids is 1. The molecule has 0 fully saturated rings. The Morgan fingerprint density at radius 3 is 2.61 bits per heavy atom. The van der Waals surface area contributed by atoms with Gasteiger partial charge in [0.25, 0.3) is 0 Å². The zero-order valence-corrected chi connectivity index (χ0v) is 11.8. The molecule has 2 aromatic heterocycles. The molecule has 118 valence electrons. The van der Waals surface area contributed by atoms with E-state index in [1.54, 1.807) is 13.0 Å². The molecule has 0 radical (unpaired) electrons. The summed E-state index contributed by atoms with van der Waals surface area (Å²) < 4.78 is 38.4. The SMILES string of the molecule is Cc1cc(Nc2nc(C=O)nc3cc(C(F)(F)F)ccc23)n[nH]1. The number of anilines is 2. The van der Waals surface area contributed by atoms with Gasteiger partial charge in [-0.25, -0.2) is 9.97 Å². The van der Waals surface area contributed by atoms with Gasteiger partial charge < -0.3 is 5.32 Å². The number of aldehydes is 1. The van der Waals surface area contributed by atoms with Crippen LogP contribution in [-0.2, 0) is 6.18 Å². The Morgan fingerprint density at radius 2 is 2.00 bits per heavy atom. The lowest BCUT2D eigenvalue weighted by molar-refractivity contribution is -0.137. The molecule has 0 saturated carbocycles. The number of fused-ring (bicyclic) bond motifs is 1. The van der Waals surface area contributed by atoms with E-state index in [1.165, 1.54) is 6.07 Å². The van der Waals surface area contributed by atoms with Crippen molar-refractivity contribution >= 4 is 28.8 Å². The van der Waals surface area contributed by atoms with Crippen LogP contribution in [0.1, 0.15) is 21.9 Å². The highest BCUT2D eigenvalue weighted by molar-refractivity contribution is 5.92. The molecule has 0 bridgehead atoms. The summed E-state index contributed by atoms with van der Waals surface area (Å²) in [6.45, 7) is 1.79. The molecule has 0 amide bonds. The highest BCUT2D eigenvalue weighted by atomic mass is 19.4. The summed E-state index contributed by atoms with van der Waals surface area (Å²) in [5, 5.41) is 9.90. The molecule has 0 aliphatic heterocycles. The number of nitrogens with one attached hydrogen (secondary N) is 2. The van der Waals surface area contributed by atoms with Crippen molar-refractivity contribution in [2.45, 2.75) is 13.1 Å². The van der Waals surface area contributed by atoms with Gasteiger partial charge in [-0.3, -0.25) is 9.89 Å². The van der Waals surface area contributed by atoms with Gasteiger partial charge in [-0.1, -0.05) is 0 Å². The number of hydrogen-bond acceptors (Lipinski definition) is 5. The first-order chi connectivity index (χ1) is 10.9. The number of aromatic amines is 1. The van der Waals surface area contributed by atoms with E-state index >= 15 is 0 Å². The standard InChI is InChI=1S/C14H10F3N5O/c1-7-4-11(22-21-7)19-13-9-3-2-8(14(15,16)17)5-10(9)18-12(6-23)20-13/h2-6H,1H3,(H2,18,19,20,21,22). The van der Waals surface area contributed by atoms with Crippen LogP contribution < -0.4 is 5.32 Å². The van der Waals surface area contributed by atoms with Crippen molar-refractivity contribution in [2.24, 2.45) is 0 Å². The topological polar surface area (TPSA) is 83.6 Å². The third-order valence-electron chi connectivity index (χ3n) is 3.10. The van der Waals surface area contributed by atoms with Crippen molar-refractivity contribution in [3.63, 3.8) is 0 Å². The van der Waals surface area contributed by atoms with Gasteiger partial charge in [0.2, 0.25) is 0 Å². The number of nitrogens with zero attached hydrogens (tertiary/aromatic N) is 3. The minimum Gasteiger partial charge on any atom is -0.323 e. The zero-order valence-electron chi connectivity index (χ0n) is 11.8. The molecule has 6 nitrogen and oxygen atoms in total. The third kappa shape index (κ3) is 2.98. The Bertz CT molecular complexity index is 888. The second kappa shape index (κ2) is 5.34. The van der Waals surface area contributed by atoms with E-state index in [-0.39, 0.29) is 17.2 Å². The summed E-state index contributed by atoms with van der Waals surface area (Å²) in [4.78, 5) is 18.8. The van der Waals surface area contributed by atoms with Gasteiger partial charge >= 0.3 is 6.18 Å². The molecule has 1 aromatic carbocycles. The molecule has 0 aliphatic carbocycles. The molecule has 0 atom stereocenters. The zero-order chi connectivity index (χ0) is 16.6. The normalized spacial score (nSPS) is 11.7. The quantitative estimate of drug-likeness (QED) is 0.724. The molecule has 23 heavy (non-hydrogen) atoms. The highest BCUT2D eigenvalue weighted by Crippen LogP contribution is 2.32. The van der Waals surface area contributed by atoms with E-state index in [0.29, 0.717) is 17.5 Å². The maximum atomic E-state index is 12.8. The molecule has 0 spiro atoms. The average molecular weight is 321 g/mol. The van der Waals surface area contributed by atoms with Crippen molar-refractivity contribution in [1.82, 2.24) is 20.2 Å². The fourth-order valence-corrected chi connectivity index (χ4v) is 2.08. The van der Waals surface area contributed by atoms with Crippen LogP contribution >= 0.6 is 0 Å². The predicted octanol–water partition coefficient (Wildman–Crippen LogP) is 3.24. The minimum atomic E-state index is -4.49. The summed E-state index contributed by atoms with van der Waals surface area (Å²) in [7, 11) is 0. The first-order valence-corrected chi connectivity index (χ1v) is 6.50. The number of carbonyl (C=O) groups is 1. The summed E-state index contributed by atoms with van der Waals surface area (Å²) in [5.74, 6) is 0.420. The fraction of sp³-hybridized carbons (Fsp3) is 0.143. The maximum Gasteiger partial charge on any atom is 0.416 e. The number of aromatic nitrogens is 4. The molecule has 3 rings (SSSR count). The Morgan fingerprint density at radius 1 is 1.22 bits per heavy atom. The van der Waals surface area contributed by atoms with Crippen LogP contribution in [0, 0.1) is 6.92 Å². The molecule has 2 N–H and O–H groups in total. The molecule has 2 heterocycles. The summed E-state index contributed by atoms with van der Waals surface area (Å²) in [6.07, 6.45) is -4.12. The van der Waals surface area contributed by atoms with Gasteiger partial charge in [-0.15, -0.1) is 0 Å². The molecule has 0 aliphatic rings. The van der Waals surface area contributed by atoms with Crippen LogP contribution in [0.4, 0.5) is 24.8 Å². The molecule has 9 heteroatoms. The van der Waals surface area contributed by atoms with Crippen molar-refractivity contribution in [1.29, 1.82) is 0 Å². The van der Waals surface area contributed by atoms with Crippen LogP contribution in [0.2, 0.25) is 0 Å². The van der Waals surface area contributed by atoms with Crippen molar-refractivity contribution in [3.05, 3.63) is 41.3 Å². The van der Waals surface area contributed by atoms with Gasteiger partial charge in [-0.2, -0.15) is 18.3 Å². The first kappa shape index (κ1) is 14.9. The maximum absolute atomic E-state index is 12.8. The first-order valence-electron chi connectivity index (χ1n) is 6.50. The number of H-pyrrole nitrogens is 1. The lowest BCUT2D eigenvalue weighted by Gasteiger charge is -2.10. The largest absolute Gasteiger partial charge is 0.416 e. The van der Waals surface area contributed by atoms with Crippen LogP contribution in [0.5, 0.6) is 0 Å². The summed E-state index contributed by atoms with van der Waals surface area (Å²) in [6, 6.07) is 4.77. The van der Waals surface area contributed by atoms with E-state index < -0.39 is 11.7 Å². The summed E-state index contributed by atoms with van der Waals surface area (Å²) in [5.41, 5.74) is -0.0328. The van der Waals surface area contributed by atoms with Crippen molar-refractivity contribution in [3.8, 4) is 0 Å². The van der Waals surface area contributed by atoms with E-state index in [9.17, 15) is 18.0 Å². The van der Waals surface area contributed by atoms with E-state index in [2.05, 4.69) is 25.5 Å². The molecule has 0 saturated heterocycles. The van der Waals surface area contributed by atoms with Gasteiger partial charge in [0.05, 0.1) is 11.1 Å². The Labute approximate surface area is 127 Å². The third-order valence-corrected chi connectivity index (χ3v) is 3.10. The van der Waals surface area contributed by atoms with Crippen LogP contribution in [0.25, 0.3) is 10.9 Å². The van der Waals surface area contributed by atoms with Crippen LogP contribution in [-0.4, -0.2) is 26.5 Å². The van der Waals surface area contributed by atoms with E-state index in [1.807, 2.05) is 0 Å². The monoisotopic (exact) mass is 321 g/mol. The Hall–Kier alpha value is -2.97. The number of halogens is 3. The lowest BCUT2D eigenvalue weighted by atomic mass is 10.1. The molecular formula is C14H10F3N5O. The van der Waals surface area contributed by atoms with Crippen molar-refractivity contribution in [2.75, 3.05) is 5.32 Å². The number of benzene rings is 1. The van der Waals surface area contributed by atoms with Gasteiger partial charge in [0.15, 0.2) is 17.9 Å². The van der Waals surface area contributed by atoms with E-state index in [4.69, 9.17) is 0 Å². The van der Waals surface area contributed by atoms with Crippen LogP contribution in [0.15, 0.2) is 24.3 Å². The lowest BCUT2D eigenvalue weighted by Crippen LogP contribution is -2.06. The summed E-state index contributed by atoms with van der Waals surface area (Å²) >= 11 is 0. The number of alkyl halides is 3. The second-order valence-electron chi connectivity index (χ2n) is 4.84. The Kier molecular flexibility index (Phi) is 3.47. The van der Waals surface area contributed by atoms with Crippen molar-refractivity contribution < 1.29 is 18.0 Å². The van der Waals surface area contributed by atoms with Crippen LogP contribution in [0.3, 0.4) is 0 Å². The fourth-order valence-electron chi connectivity index (χ4n) is 2.08. The minimum absolute atomic E-state index is 0.0201. The highest BCUT2D eigenvalue weighted by Gasteiger charge is 2.30. The second-order valence-corrected chi connectivity index (χ2v) is 4.84.